The minimum Gasteiger partial charge on any atom is -0.296 e. The van der Waals surface area contributed by atoms with Crippen molar-refractivity contribution < 1.29 is 17.6 Å². The summed E-state index contributed by atoms with van der Waals surface area (Å²) in [7, 11) is -4.09. The van der Waals surface area contributed by atoms with Crippen molar-refractivity contribution in [3.63, 3.8) is 0 Å². The average Bonchev–Trinajstić information content (AvgIpc) is 3.08. The van der Waals surface area contributed by atoms with Gasteiger partial charge in [0.2, 0.25) is 5.13 Å². The van der Waals surface area contributed by atoms with Crippen molar-refractivity contribution in [3.05, 3.63) is 63.9 Å². The van der Waals surface area contributed by atoms with Crippen molar-refractivity contribution >= 4 is 61.3 Å². The molecule has 1 aromatic heterocycles. The highest BCUT2D eigenvalue weighted by molar-refractivity contribution is 7.94. The van der Waals surface area contributed by atoms with Gasteiger partial charge in [0, 0.05) is 0 Å². The maximum Gasteiger partial charge on any atom is 0.291 e. The van der Waals surface area contributed by atoms with Crippen LogP contribution in [0.15, 0.2) is 46.8 Å². The zero-order valence-electron chi connectivity index (χ0n) is 13.1. The molecule has 3 aromatic rings. The van der Waals surface area contributed by atoms with E-state index in [2.05, 4.69) is 20.2 Å². The van der Waals surface area contributed by atoms with Crippen LogP contribution in [0.25, 0.3) is 0 Å². The highest BCUT2D eigenvalue weighted by Gasteiger charge is 2.22. The summed E-state index contributed by atoms with van der Waals surface area (Å²) in [6, 6.07) is 9.71. The molecular formula is C15H9Cl2FN4O3S2. The Morgan fingerprint density at radius 1 is 1.07 bits per heavy atom. The first-order chi connectivity index (χ1) is 12.8. The summed E-state index contributed by atoms with van der Waals surface area (Å²) in [5.74, 6) is -1.24. The third-order valence-corrected chi connectivity index (χ3v) is 6.35. The van der Waals surface area contributed by atoms with Crippen LogP contribution in [-0.4, -0.2) is 24.5 Å². The third kappa shape index (κ3) is 4.53. The fourth-order valence-electron chi connectivity index (χ4n) is 1.94. The molecule has 2 aromatic carbocycles. The predicted molar refractivity (Wildman–Crippen MR) is 102 cm³/mol. The molecule has 0 aliphatic heterocycles. The monoisotopic (exact) mass is 446 g/mol. The molecule has 0 bridgehead atoms. The molecule has 0 spiro atoms. The van der Waals surface area contributed by atoms with E-state index in [9.17, 15) is 17.6 Å². The minimum atomic E-state index is -4.09. The molecule has 0 saturated heterocycles. The van der Waals surface area contributed by atoms with Crippen LogP contribution >= 0.6 is 34.5 Å². The molecule has 0 radical (unpaired) electrons. The molecule has 3 rings (SSSR count). The molecule has 0 saturated carbocycles. The molecule has 2 N–H and O–H groups in total. The lowest BCUT2D eigenvalue weighted by Gasteiger charge is -2.05. The van der Waals surface area contributed by atoms with Crippen molar-refractivity contribution in [2.45, 2.75) is 4.34 Å². The first-order valence-electron chi connectivity index (χ1n) is 7.13. The van der Waals surface area contributed by atoms with Gasteiger partial charge in [-0.1, -0.05) is 46.7 Å². The van der Waals surface area contributed by atoms with E-state index in [1.807, 2.05) is 0 Å². The van der Waals surface area contributed by atoms with Crippen LogP contribution in [0.3, 0.4) is 0 Å². The second kappa shape index (κ2) is 7.77. The Morgan fingerprint density at radius 3 is 2.52 bits per heavy atom. The van der Waals surface area contributed by atoms with E-state index in [1.165, 1.54) is 12.1 Å². The number of halogens is 3. The Kier molecular flexibility index (Phi) is 5.61. The maximum atomic E-state index is 13.2. The van der Waals surface area contributed by atoms with Gasteiger partial charge in [0.1, 0.15) is 5.82 Å². The van der Waals surface area contributed by atoms with Crippen LogP contribution in [0, 0.1) is 5.82 Å². The first kappa shape index (κ1) is 19.5. The van der Waals surface area contributed by atoms with E-state index in [4.69, 9.17) is 23.2 Å². The number of amides is 1. The van der Waals surface area contributed by atoms with Crippen LogP contribution in [0.2, 0.25) is 10.0 Å². The zero-order valence-corrected chi connectivity index (χ0v) is 16.3. The summed E-state index contributed by atoms with van der Waals surface area (Å²) >= 11 is 12.2. The lowest BCUT2D eigenvalue weighted by atomic mass is 10.2. The van der Waals surface area contributed by atoms with Crippen LogP contribution in [0.1, 0.15) is 10.4 Å². The number of hydrogen-bond donors (Lipinski definition) is 2. The molecule has 1 heterocycles. The molecular weight excluding hydrogens is 438 g/mol. The maximum absolute atomic E-state index is 13.2. The van der Waals surface area contributed by atoms with Gasteiger partial charge >= 0.3 is 0 Å². The summed E-state index contributed by atoms with van der Waals surface area (Å²) in [5, 5.41) is 9.60. The molecule has 0 aliphatic carbocycles. The standard InChI is InChI=1S/C15H9Cl2FN4O3S2/c16-10-4-2-1-3-9(10)13(23)19-14-20-21-15(26-14)27(24,25)22-8-5-6-12(18)11(17)7-8/h1-7,22H,(H,19,20,23). The van der Waals surface area contributed by atoms with E-state index in [0.29, 0.717) is 11.3 Å². The fraction of sp³-hybridized carbons (Fsp3) is 0. The molecule has 0 atom stereocenters. The van der Waals surface area contributed by atoms with Gasteiger partial charge in [-0.25, -0.2) is 4.39 Å². The summed E-state index contributed by atoms with van der Waals surface area (Å²) in [4.78, 5) is 12.2. The number of benzene rings is 2. The number of sulfonamides is 1. The number of hydrogen-bond acceptors (Lipinski definition) is 6. The van der Waals surface area contributed by atoms with Crippen molar-refractivity contribution in [1.29, 1.82) is 0 Å². The number of carbonyl (C=O) groups is 1. The number of nitrogens with one attached hydrogen (secondary N) is 2. The van der Waals surface area contributed by atoms with E-state index in [0.717, 1.165) is 12.1 Å². The van der Waals surface area contributed by atoms with Crippen LogP contribution in [0.4, 0.5) is 15.2 Å². The predicted octanol–water partition coefficient (Wildman–Crippen LogP) is 4.04. The Hall–Kier alpha value is -2.27. The van der Waals surface area contributed by atoms with Gasteiger partial charge in [0.05, 0.1) is 21.3 Å². The van der Waals surface area contributed by atoms with E-state index < -0.39 is 26.1 Å². The summed E-state index contributed by atoms with van der Waals surface area (Å²) in [6.45, 7) is 0. The van der Waals surface area contributed by atoms with Crippen LogP contribution < -0.4 is 10.0 Å². The van der Waals surface area contributed by atoms with Gasteiger partial charge < -0.3 is 0 Å². The van der Waals surface area contributed by atoms with Crippen LogP contribution in [-0.2, 0) is 10.0 Å². The number of nitrogens with zero attached hydrogens (tertiary/aromatic N) is 2. The van der Waals surface area contributed by atoms with Crippen molar-refractivity contribution in [3.8, 4) is 0 Å². The molecule has 7 nitrogen and oxygen atoms in total. The summed E-state index contributed by atoms with van der Waals surface area (Å²) < 4.78 is 39.7. The Morgan fingerprint density at radius 2 is 1.81 bits per heavy atom. The second-order valence-electron chi connectivity index (χ2n) is 5.04. The highest BCUT2D eigenvalue weighted by Crippen LogP contribution is 2.26. The minimum absolute atomic E-state index is 0.0302. The normalized spacial score (nSPS) is 11.2. The number of rotatable bonds is 5. The summed E-state index contributed by atoms with van der Waals surface area (Å²) in [6.07, 6.45) is 0. The fourth-order valence-corrected chi connectivity index (χ4v) is 4.29. The molecule has 27 heavy (non-hydrogen) atoms. The molecule has 140 valence electrons. The lowest BCUT2D eigenvalue weighted by molar-refractivity contribution is 0.102. The van der Waals surface area contributed by atoms with E-state index >= 15 is 0 Å². The average molecular weight is 447 g/mol. The van der Waals surface area contributed by atoms with E-state index in [-0.39, 0.29) is 26.4 Å². The zero-order chi connectivity index (χ0) is 19.6. The Labute approximate surface area is 167 Å². The topological polar surface area (TPSA) is 101 Å². The molecule has 0 aliphatic rings. The van der Waals surface area contributed by atoms with Gasteiger partial charge in [-0.3, -0.25) is 14.8 Å². The van der Waals surface area contributed by atoms with Gasteiger partial charge in [0.25, 0.3) is 20.3 Å². The molecule has 0 fully saturated rings. The van der Waals surface area contributed by atoms with Crippen LogP contribution in [0.5, 0.6) is 0 Å². The Bertz CT molecular complexity index is 1120. The lowest BCUT2D eigenvalue weighted by Crippen LogP contribution is -2.12. The Balaban J connectivity index is 1.77. The number of carbonyl (C=O) groups excluding carboxylic acids is 1. The van der Waals surface area contributed by atoms with Gasteiger partial charge in [-0.05, 0) is 30.3 Å². The molecule has 0 unspecified atom stereocenters. The molecule has 1 amide bonds. The van der Waals surface area contributed by atoms with Crippen molar-refractivity contribution in [2.24, 2.45) is 0 Å². The first-order valence-corrected chi connectivity index (χ1v) is 10.2. The van der Waals surface area contributed by atoms with Gasteiger partial charge in [-0.2, -0.15) is 8.42 Å². The summed E-state index contributed by atoms with van der Waals surface area (Å²) in [5.41, 5.74) is 0.260. The number of anilines is 2. The largest absolute Gasteiger partial charge is 0.296 e. The highest BCUT2D eigenvalue weighted by atomic mass is 35.5. The van der Waals surface area contributed by atoms with E-state index in [1.54, 1.807) is 18.2 Å². The smallest absolute Gasteiger partial charge is 0.291 e. The third-order valence-electron chi connectivity index (χ3n) is 3.15. The van der Waals surface area contributed by atoms with Crippen molar-refractivity contribution in [2.75, 3.05) is 10.0 Å². The van der Waals surface area contributed by atoms with Gasteiger partial charge in [0.15, 0.2) is 0 Å². The quantitative estimate of drug-likeness (QED) is 0.575. The van der Waals surface area contributed by atoms with Gasteiger partial charge in [-0.15, -0.1) is 10.2 Å². The van der Waals surface area contributed by atoms with Crippen molar-refractivity contribution in [1.82, 2.24) is 10.2 Å². The molecule has 12 heteroatoms. The second-order valence-corrected chi connectivity index (χ2v) is 8.69. The number of aromatic nitrogens is 2. The SMILES string of the molecule is O=C(Nc1nnc(S(=O)(=O)Nc2ccc(F)c(Cl)c2)s1)c1ccccc1Cl.